The van der Waals surface area contributed by atoms with Gasteiger partial charge in [-0.05, 0) is 25.5 Å². The molecule has 1 atom stereocenters. The van der Waals surface area contributed by atoms with Gasteiger partial charge < -0.3 is 14.6 Å². The van der Waals surface area contributed by atoms with Crippen molar-refractivity contribution in [1.82, 2.24) is 14.9 Å². The van der Waals surface area contributed by atoms with E-state index in [4.69, 9.17) is 4.74 Å². The van der Waals surface area contributed by atoms with Crippen LogP contribution in [0.4, 0.5) is 0 Å². The van der Waals surface area contributed by atoms with Crippen LogP contribution >= 0.6 is 0 Å². The van der Waals surface area contributed by atoms with E-state index in [1.165, 1.54) is 6.92 Å². The van der Waals surface area contributed by atoms with E-state index >= 15 is 0 Å². The third-order valence-electron chi connectivity index (χ3n) is 4.32. The summed E-state index contributed by atoms with van der Waals surface area (Å²) in [5.41, 5.74) is 1.66. The normalized spacial score (nSPS) is 11.8. The number of esters is 1. The molecule has 2 aromatic rings. The summed E-state index contributed by atoms with van der Waals surface area (Å²) in [6.45, 7) is 7.99. The van der Waals surface area contributed by atoms with E-state index < -0.39 is 12.1 Å². The molecule has 1 aromatic carbocycles. The number of unbranched alkanes of at least 4 members (excludes halogenated alkanes) is 1. The topological polar surface area (TPSA) is 90.3 Å². The lowest BCUT2D eigenvalue weighted by atomic mass is 10.2. The Hall–Kier alpha value is -2.96. The molecule has 2 rings (SSSR count). The second kappa shape index (κ2) is 10.4. The highest BCUT2D eigenvalue weighted by molar-refractivity contribution is 5.83. The van der Waals surface area contributed by atoms with Gasteiger partial charge in [0.2, 0.25) is 0 Å². The first-order valence-electron chi connectivity index (χ1n) is 9.54. The molecular weight excluding hydrogens is 358 g/mol. The van der Waals surface area contributed by atoms with Crippen LogP contribution in [0.15, 0.2) is 41.7 Å². The lowest BCUT2D eigenvalue weighted by molar-refractivity contribution is -0.154. The molecule has 7 nitrogen and oxygen atoms in total. The lowest BCUT2D eigenvalue weighted by Crippen LogP contribution is -2.36. The van der Waals surface area contributed by atoms with E-state index in [1.54, 1.807) is 10.6 Å². The summed E-state index contributed by atoms with van der Waals surface area (Å²) < 4.78 is 6.85. The second-order valence-electron chi connectivity index (χ2n) is 6.52. The maximum atomic E-state index is 12.8. The Kier molecular flexibility index (Phi) is 7.92. The highest BCUT2D eigenvalue weighted by Gasteiger charge is 2.18. The van der Waals surface area contributed by atoms with Crippen molar-refractivity contribution in [3.05, 3.63) is 53.0 Å². The van der Waals surface area contributed by atoms with Crippen molar-refractivity contribution in [2.75, 3.05) is 6.54 Å². The fourth-order valence-corrected chi connectivity index (χ4v) is 2.79. The monoisotopic (exact) mass is 385 g/mol. The summed E-state index contributed by atoms with van der Waals surface area (Å²) in [5.74, 6) is -0.935. The van der Waals surface area contributed by atoms with Gasteiger partial charge in [-0.3, -0.25) is 14.4 Å². The fourth-order valence-electron chi connectivity index (χ4n) is 2.79. The first kappa shape index (κ1) is 21.3. The van der Waals surface area contributed by atoms with E-state index in [0.29, 0.717) is 18.8 Å². The molecule has 0 aliphatic rings. The molecule has 0 unspecified atom stereocenters. The Morgan fingerprint density at radius 2 is 2.11 bits per heavy atom. The Balaban J connectivity index is 2.10. The molecule has 1 heterocycles. The van der Waals surface area contributed by atoms with E-state index in [9.17, 15) is 14.4 Å². The number of aryl methyl sites for hydroxylation is 2. The fraction of sp³-hybridized carbons (Fsp3) is 0.429. The van der Waals surface area contributed by atoms with Gasteiger partial charge in [0.1, 0.15) is 5.69 Å². The summed E-state index contributed by atoms with van der Waals surface area (Å²) in [6, 6.07) is 7.47. The third-order valence-corrected chi connectivity index (χ3v) is 4.32. The van der Waals surface area contributed by atoms with Gasteiger partial charge in [0.05, 0.1) is 17.5 Å². The number of amides is 1. The highest BCUT2D eigenvalue weighted by atomic mass is 16.5. The SMILES string of the molecule is C=CCNC(=O)[C@H](C)OC(=O)CCc1nc2ccccc2n(CCCC)c1=O. The number of fused-ring (bicyclic) bond motifs is 1. The van der Waals surface area contributed by atoms with Gasteiger partial charge >= 0.3 is 5.97 Å². The van der Waals surface area contributed by atoms with Crippen LogP contribution in [0.25, 0.3) is 11.0 Å². The summed E-state index contributed by atoms with van der Waals surface area (Å²) in [7, 11) is 0. The van der Waals surface area contributed by atoms with Crippen molar-refractivity contribution in [2.45, 2.75) is 52.2 Å². The molecule has 0 aliphatic carbocycles. The molecule has 0 radical (unpaired) electrons. The predicted octanol–water partition coefficient (Wildman–Crippen LogP) is 2.36. The number of carbonyl (C=O) groups is 2. The molecule has 1 aromatic heterocycles. The number of nitrogens with zero attached hydrogens (tertiary/aromatic N) is 2. The van der Waals surface area contributed by atoms with Crippen molar-refractivity contribution in [3.8, 4) is 0 Å². The van der Waals surface area contributed by atoms with E-state index in [0.717, 1.165) is 23.9 Å². The predicted molar refractivity (Wildman–Crippen MR) is 108 cm³/mol. The van der Waals surface area contributed by atoms with Crippen LogP contribution in [0.3, 0.4) is 0 Å². The molecule has 0 fully saturated rings. The molecule has 0 spiro atoms. The van der Waals surface area contributed by atoms with Crippen molar-refractivity contribution in [3.63, 3.8) is 0 Å². The minimum atomic E-state index is -0.904. The Labute approximate surface area is 164 Å². The van der Waals surface area contributed by atoms with Crippen molar-refractivity contribution in [2.24, 2.45) is 0 Å². The maximum Gasteiger partial charge on any atom is 0.306 e. The molecule has 0 bridgehead atoms. The van der Waals surface area contributed by atoms with Crippen LogP contribution in [0.5, 0.6) is 0 Å². The smallest absolute Gasteiger partial charge is 0.306 e. The van der Waals surface area contributed by atoms with Crippen molar-refractivity contribution in [1.29, 1.82) is 0 Å². The zero-order valence-electron chi connectivity index (χ0n) is 16.4. The molecule has 7 heteroatoms. The van der Waals surface area contributed by atoms with Crippen LogP contribution in [-0.2, 0) is 27.3 Å². The maximum absolute atomic E-state index is 12.8. The van der Waals surface area contributed by atoms with E-state index in [-0.39, 0.29) is 24.3 Å². The van der Waals surface area contributed by atoms with E-state index in [2.05, 4.69) is 23.8 Å². The van der Waals surface area contributed by atoms with Gasteiger partial charge in [-0.1, -0.05) is 31.6 Å². The van der Waals surface area contributed by atoms with Gasteiger partial charge in [0, 0.05) is 19.5 Å². The minimum Gasteiger partial charge on any atom is -0.453 e. The van der Waals surface area contributed by atoms with Gasteiger partial charge in [-0.25, -0.2) is 4.98 Å². The van der Waals surface area contributed by atoms with Crippen molar-refractivity contribution >= 4 is 22.9 Å². The number of hydrogen-bond donors (Lipinski definition) is 1. The summed E-state index contributed by atoms with van der Waals surface area (Å²) in [4.78, 5) is 41.1. The number of para-hydroxylation sites is 2. The summed E-state index contributed by atoms with van der Waals surface area (Å²) >= 11 is 0. The first-order chi connectivity index (χ1) is 13.5. The molecule has 1 N–H and O–H groups in total. The molecule has 1 amide bonds. The number of hydrogen-bond acceptors (Lipinski definition) is 5. The largest absolute Gasteiger partial charge is 0.453 e. The van der Waals surface area contributed by atoms with Crippen LogP contribution in [0.1, 0.15) is 38.8 Å². The van der Waals surface area contributed by atoms with Crippen molar-refractivity contribution < 1.29 is 14.3 Å². The number of rotatable bonds is 10. The zero-order valence-corrected chi connectivity index (χ0v) is 16.4. The van der Waals surface area contributed by atoms with Crippen LogP contribution in [-0.4, -0.2) is 34.1 Å². The molecule has 28 heavy (non-hydrogen) atoms. The summed E-state index contributed by atoms with van der Waals surface area (Å²) in [6.07, 6.45) is 2.63. The molecular formula is C21H27N3O4. The van der Waals surface area contributed by atoms with Crippen LogP contribution in [0.2, 0.25) is 0 Å². The Morgan fingerprint density at radius 3 is 2.82 bits per heavy atom. The number of carbonyl (C=O) groups excluding carboxylic acids is 2. The van der Waals surface area contributed by atoms with Crippen LogP contribution in [0, 0.1) is 0 Å². The second-order valence-corrected chi connectivity index (χ2v) is 6.52. The first-order valence-corrected chi connectivity index (χ1v) is 9.54. The highest BCUT2D eigenvalue weighted by Crippen LogP contribution is 2.12. The third kappa shape index (κ3) is 5.52. The standard InChI is InChI=1S/C21H27N3O4/c1-4-6-14-24-18-10-8-7-9-16(18)23-17(21(24)27)11-12-19(25)28-15(3)20(26)22-13-5-2/h5,7-10,15H,2,4,6,11-14H2,1,3H3,(H,22,26)/t15-/m0/s1. The molecule has 0 saturated carbocycles. The number of ether oxygens (including phenoxy) is 1. The Bertz CT molecular complexity index is 904. The quantitative estimate of drug-likeness (QED) is 0.501. The minimum absolute atomic E-state index is 0.0204. The summed E-state index contributed by atoms with van der Waals surface area (Å²) in [5, 5.41) is 2.57. The van der Waals surface area contributed by atoms with Gasteiger partial charge in [0.15, 0.2) is 6.10 Å². The van der Waals surface area contributed by atoms with Gasteiger partial charge in [-0.2, -0.15) is 0 Å². The van der Waals surface area contributed by atoms with Crippen LogP contribution < -0.4 is 10.9 Å². The number of benzene rings is 1. The average Bonchev–Trinajstić information content (AvgIpc) is 2.69. The number of aromatic nitrogens is 2. The molecule has 0 aliphatic heterocycles. The Morgan fingerprint density at radius 1 is 1.36 bits per heavy atom. The molecule has 0 saturated heterocycles. The zero-order chi connectivity index (χ0) is 20.5. The van der Waals surface area contributed by atoms with Gasteiger partial charge in [-0.15, -0.1) is 6.58 Å². The van der Waals surface area contributed by atoms with E-state index in [1.807, 2.05) is 24.3 Å². The lowest BCUT2D eigenvalue weighted by Gasteiger charge is -2.13. The van der Waals surface area contributed by atoms with Gasteiger partial charge in [0.25, 0.3) is 11.5 Å². The average molecular weight is 385 g/mol. The number of nitrogens with one attached hydrogen (secondary N) is 1. The molecule has 150 valence electrons.